The van der Waals surface area contributed by atoms with Gasteiger partial charge < -0.3 is 16.0 Å². The highest BCUT2D eigenvalue weighted by molar-refractivity contribution is 5.95. The number of anilines is 1. The fourth-order valence-electron chi connectivity index (χ4n) is 2.55. The Labute approximate surface area is 162 Å². The van der Waals surface area contributed by atoms with E-state index >= 15 is 0 Å². The Morgan fingerprint density at radius 1 is 1.12 bits per heavy atom. The maximum atomic E-state index is 12.3. The van der Waals surface area contributed by atoms with E-state index in [1.165, 1.54) is 11.1 Å². The number of carbonyl (C=O) groups excluding carboxylic acids is 1. The average Bonchev–Trinajstić information content (AvgIpc) is 2.55. The van der Waals surface area contributed by atoms with E-state index in [0.717, 1.165) is 6.42 Å². The Morgan fingerprint density at radius 2 is 1.76 bits per heavy atom. The minimum atomic E-state index is -0.102. The van der Waals surface area contributed by atoms with Crippen molar-refractivity contribution in [3.8, 4) is 0 Å². The molecule has 0 aliphatic rings. The normalized spacial score (nSPS) is 11.2. The number of likely N-dealkylation sites (N-methyl/N-ethyl adjacent to an activating group) is 1. The Bertz CT molecular complexity index is 660. The van der Waals surface area contributed by atoms with Crippen molar-refractivity contribution in [2.75, 3.05) is 26.4 Å². The third kappa shape index (κ3) is 6.58. The van der Waals surface area contributed by atoms with Crippen LogP contribution in [-0.2, 0) is 6.42 Å². The van der Waals surface area contributed by atoms with Gasteiger partial charge in [-0.15, -0.1) is 24.8 Å². The van der Waals surface area contributed by atoms with E-state index in [9.17, 15) is 4.79 Å². The first-order valence-electron chi connectivity index (χ1n) is 7.90. The summed E-state index contributed by atoms with van der Waals surface area (Å²) >= 11 is 0. The second kappa shape index (κ2) is 11.0. The van der Waals surface area contributed by atoms with Gasteiger partial charge in [-0.25, -0.2) is 0 Å². The van der Waals surface area contributed by atoms with Crippen molar-refractivity contribution in [2.24, 2.45) is 0 Å². The van der Waals surface area contributed by atoms with Gasteiger partial charge in [0.05, 0.1) is 6.04 Å². The zero-order chi connectivity index (χ0) is 16.8. The summed E-state index contributed by atoms with van der Waals surface area (Å²) in [5.74, 6) is -0.102. The molecule has 2 aromatic carbocycles. The van der Waals surface area contributed by atoms with Crippen LogP contribution in [0.2, 0.25) is 0 Å². The van der Waals surface area contributed by atoms with Crippen molar-refractivity contribution in [3.05, 3.63) is 65.2 Å². The van der Waals surface area contributed by atoms with Gasteiger partial charge in [-0.1, -0.05) is 37.3 Å². The van der Waals surface area contributed by atoms with Crippen molar-refractivity contribution in [1.82, 2.24) is 10.2 Å². The number of carbonyl (C=O) groups is 1. The molecule has 25 heavy (non-hydrogen) atoms. The molecule has 0 heterocycles. The maximum absolute atomic E-state index is 12.3. The predicted octanol–water partition coefficient (Wildman–Crippen LogP) is 3.71. The van der Waals surface area contributed by atoms with Gasteiger partial charge in [0.1, 0.15) is 0 Å². The van der Waals surface area contributed by atoms with Gasteiger partial charge in [0, 0.05) is 17.8 Å². The lowest BCUT2D eigenvalue weighted by Gasteiger charge is -2.25. The van der Waals surface area contributed by atoms with Crippen LogP contribution in [0, 0.1) is 0 Å². The Morgan fingerprint density at radius 3 is 2.28 bits per heavy atom. The van der Waals surface area contributed by atoms with Gasteiger partial charge in [-0.2, -0.15) is 0 Å². The van der Waals surface area contributed by atoms with Gasteiger partial charge in [0.2, 0.25) is 0 Å². The highest BCUT2D eigenvalue weighted by Crippen LogP contribution is 2.18. The van der Waals surface area contributed by atoms with Gasteiger partial charge in [-0.3, -0.25) is 4.79 Å². The van der Waals surface area contributed by atoms with E-state index in [1.807, 2.05) is 14.1 Å². The Hall–Kier alpha value is -1.75. The lowest BCUT2D eigenvalue weighted by Crippen LogP contribution is -2.34. The SMILES string of the molecule is CCc1ccc(C(CNC(=O)c2cccc(N)c2)N(C)C)cc1.Cl.Cl. The molecular weight excluding hydrogens is 357 g/mol. The number of hydrogen-bond acceptors (Lipinski definition) is 3. The number of nitrogens with two attached hydrogens (primary N) is 1. The first kappa shape index (κ1) is 23.2. The summed E-state index contributed by atoms with van der Waals surface area (Å²) in [5.41, 5.74) is 9.42. The fraction of sp³-hybridized carbons (Fsp3) is 0.316. The van der Waals surface area contributed by atoms with E-state index in [-0.39, 0.29) is 36.8 Å². The third-order valence-electron chi connectivity index (χ3n) is 4.00. The Balaban J connectivity index is 0.00000288. The zero-order valence-electron chi connectivity index (χ0n) is 14.9. The second-order valence-electron chi connectivity index (χ2n) is 5.91. The van der Waals surface area contributed by atoms with Crippen LogP contribution in [0.1, 0.15) is 34.5 Å². The molecule has 1 atom stereocenters. The molecule has 0 aliphatic heterocycles. The van der Waals surface area contributed by atoms with Crippen molar-refractivity contribution in [3.63, 3.8) is 0 Å². The van der Waals surface area contributed by atoms with Crippen LogP contribution in [0.15, 0.2) is 48.5 Å². The summed E-state index contributed by atoms with van der Waals surface area (Å²) in [6.45, 7) is 2.69. The molecule has 2 rings (SSSR count). The molecule has 138 valence electrons. The lowest BCUT2D eigenvalue weighted by atomic mass is 10.0. The van der Waals surface area contributed by atoms with E-state index in [2.05, 4.69) is 41.4 Å². The maximum Gasteiger partial charge on any atom is 0.251 e. The molecule has 0 saturated heterocycles. The number of aryl methyl sites for hydroxylation is 1. The van der Waals surface area contributed by atoms with E-state index in [1.54, 1.807) is 24.3 Å². The predicted molar refractivity (Wildman–Crippen MR) is 110 cm³/mol. The number of rotatable bonds is 6. The van der Waals surface area contributed by atoms with Crippen LogP contribution in [0.4, 0.5) is 5.69 Å². The summed E-state index contributed by atoms with van der Waals surface area (Å²) in [6.07, 6.45) is 1.03. The molecule has 0 aliphatic carbocycles. The number of hydrogen-bond donors (Lipinski definition) is 2. The molecule has 0 spiro atoms. The van der Waals surface area contributed by atoms with E-state index in [0.29, 0.717) is 17.8 Å². The summed E-state index contributed by atoms with van der Waals surface area (Å²) < 4.78 is 0. The molecule has 0 fully saturated rings. The first-order chi connectivity index (χ1) is 11.0. The van der Waals surface area contributed by atoms with Crippen molar-refractivity contribution < 1.29 is 4.79 Å². The minimum Gasteiger partial charge on any atom is -0.399 e. The molecule has 0 aromatic heterocycles. The smallest absolute Gasteiger partial charge is 0.251 e. The third-order valence-corrected chi connectivity index (χ3v) is 4.00. The molecule has 0 bridgehead atoms. The molecule has 2 aromatic rings. The van der Waals surface area contributed by atoms with Crippen LogP contribution >= 0.6 is 24.8 Å². The number of nitrogens with zero attached hydrogens (tertiary/aromatic N) is 1. The van der Waals surface area contributed by atoms with Crippen LogP contribution < -0.4 is 11.1 Å². The van der Waals surface area contributed by atoms with Crippen LogP contribution in [0.3, 0.4) is 0 Å². The summed E-state index contributed by atoms with van der Waals surface area (Å²) in [6, 6.07) is 15.7. The molecule has 4 nitrogen and oxygen atoms in total. The van der Waals surface area contributed by atoms with Crippen LogP contribution in [0.25, 0.3) is 0 Å². The largest absolute Gasteiger partial charge is 0.399 e. The molecule has 1 amide bonds. The highest BCUT2D eigenvalue weighted by Gasteiger charge is 2.16. The molecule has 3 N–H and O–H groups in total. The van der Waals surface area contributed by atoms with Crippen molar-refractivity contribution in [2.45, 2.75) is 19.4 Å². The monoisotopic (exact) mass is 383 g/mol. The molecule has 1 unspecified atom stereocenters. The molecule has 0 saturated carbocycles. The number of halogens is 2. The topological polar surface area (TPSA) is 58.4 Å². The Kier molecular flexibility index (Phi) is 10.2. The second-order valence-corrected chi connectivity index (χ2v) is 5.91. The number of nitrogens with one attached hydrogen (secondary N) is 1. The fourth-order valence-corrected chi connectivity index (χ4v) is 2.55. The average molecular weight is 384 g/mol. The molecule has 6 heteroatoms. The van der Waals surface area contributed by atoms with Gasteiger partial charge >= 0.3 is 0 Å². The van der Waals surface area contributed by atoms with Crippen LogP contribution in [0.5, 0.6) is 0 Å². The quantitative estimate of drug-likeness (QED) is 0.747. The molecular formula is C19H27Cl2N3O. The number of amides is 1. The van der Waals surface area contributed by atoms with E-state index in [4.69, 9.17) is 5.73 Å². The number of nitrogen functional groups attached to an aromatic ring is 1. The lowest BCUT2D eigenvalue weighted by molar-refractivity contribution is 0.0942. The summed E-state index contributed by atoms with van der Waals surface area (Å²) in [4.78, 5) is 14.4. The van der Waals surface area contributed by atoms with Crippen molar-refractivity contribution in [1.29, 1.82) is 0 Å². The zero-order valence-corrected chi connectivity index (χ0v) is 16.5. The summed E-state index contributed by atoms with van der Waals surface area (Å²) in [7, 11) is 4.04. The highest BCUT2D eigenvalue weighted by atomic mass is 35.5. The molecule has 0 radical (unpaired) electrons. The van der Waals surface area contributed by atoms with Crippen molar-refractivity contribution >= 4 is 36.4 Å². The number of benzene rings is 2. The first-order valence-corrected chi connectivity index (χ1v) is 7.90. The van der Waals surface area contributed by atoms with E-state index < -0.39 is 0 Å². The van der Waals surface area contributed by atoms with Gasteiger partial charge in [0.15, 0.2) is 0 Å². The van der Waals surface area contributed by atoms with Crippen LogP contribution in [-0.4, -0.2) is 31.4 Å². The standard InChI is InChI=1S/C19H25N3O.2ClH/c1-4-14-8-10-15(11-9-14)18(22(2)3)13-21-19(23)16-6-5-7-17(20)12-16;;/h5-12,18H,4,13,20H2,1-3H3,(H,21,23);2*1H. The van der Waals surface area contributed by atoms with Gasteiger partial charge in [0.25, 0.3) is 5.91 Å². The van der Waals surface area contributed by atoms with Gasteiger partial charge in [-0.05, 0) is 49.8 Å². The summed E-state index contributed by atoms with van der Waals surface area (Å²) in [5, 5.41) is 3.00. The minimum absolute atomic E-state index is 0.